The van der Waals surface area contributed by atoms with Gasteiger partial charge >= 0.3 is 12.1 Å². The van der Waals surface area contributed by atoms with Gasteiger partial charge < -0.3 is 20.5 Å². The number of alkyl carbamates (subject to hydrolysis) is 1. The van der Waals surface area contributed by atoms with Gasteiger partial charge in [-0.25, -0.2) is 4.79 Å². The Labute approximate surface area is 183 Å². The highest BCUT2D eigenvalue weighted by atomic mass is 35.5. The second-order valence-electron chi connectivity index (χ2n) is 8.18. The van der Waals surface area contributed by atoms with E-state index in [1.54, 1.807) is 20.8 Å². The molecular weight excluding hydrogens is 404 g/mol. The van der Waals surface area contributed by atoms with Gasteiger partial charge in [-0.15, -0.1) is 12.4 Å². The summed E-state index contributed by atoms with van der Waals surface area (Å²) >= 11 is 0. The summed E-state index contributed by atoms with van der Waals surface area (Å²) in [5.41, 5.74) is 9.92. The molecule has 0 saturated heterocycles. The van der Waals surface area contributed by atoms with Gasteiger partial charge in [-0.2, -0.15) is 0 Å². The summed E-state index contributed by atoms with van der Waals surface area (Å²) in [6, 6.07) is 15.5. The van der Waals surface area contributed by atoms with Gasteiger partial charge in [0.05, 0.1) is 0 Å². The first-order chi connectivity index (χ1) is 13.8. The van der Waals surface area contributed by atoms with E-state index in [1.807, 2.05) is 24.3 Å². The molecule has 0 aliphatic heterocycles. The van der Waals surface area contributed by atoms with Crippen molar-refractivity contribution in [1.29, 1.82) is 0 Å². The maximum atomic E-state index is 12.1. The minimum Gasteiger partial charge on any atom is -0.459 e. The van der Waals surface area contributed by atoms with Gasteiger partial charge in [-0.05, 0) is 49.4 Å². The van der Waals surface area contributed by atoms with E-state index < -0.39 is 23.7 Å². The smallest absolute Gasteiger partial charge is 0.407 e. The van der Waals surface area contributed by atoms with E-state index in [2.05, 4.69) is 29.6 Å². The lowest BCUT2D eigenvalue weighted by Crippen LogP contribution is -2.40. The molecule has 1 amide bonds. The van der Waals surface area contributed by atoms with Gasteiger partial charge in [0.15, 0.2) is 0 Å². The fraction of sp³-hybridized carbons (Fsp3) is 0.391. The van der Waals surface area contributed by atoms with Crippen LogP contribution >= 0.6 is 12.4 Å². The zero-order valence-corrected chi connectivity index (χ0v) is 18.3. The van der Waals surface area contributed by atoms with Gasteiger partial charge in [0.2, 0.25) is 0 Å². The highest BCUT2D eigenvalue weighted by Gasteiger charge is 2.29. The molecule has 1 unspecified atom stereocenters. The first-order valence-corrected chi connectivity index (χ1v) is 9.83. The monoisotopic (exact) mass is 432 g/mol. The van der Waals surface area contributed by atoms with Gasteiger partial charge in [0.25, 0.3) is 0 Å². The SMILES string of the molecule is CC(C)(C)OC(=O)C(N)CCNC(=O)OCC1c2ccccc2-c2ccccc21.Cl. The molecule has 30 heavy (non-hydrogen) atoms. The molecule has 0 aromatic heterocycles. The fourth-order valence-corrected chi connectivity index (χ4v) is 3.47. The van der Waals surface area contributed by atoms with Crippen molar-refractivity contribution in [3.05, 3.63) is 59.7 Å². The van der Waals surface area contributed by atoms with Crippen LogP contribution in [0.4, 0.5) is 4.79 Å². The largest absolute Gasteiger partial charge is 0.459 e. The molecule has 162 valence electrons. The predicted octanol–water partition coefficient (Wildman–Crippen LogP) is 4.01. The maximum absolute atomic E-state index is 12.1. The number of esters is 1. The summed E-state index contributed by atoms with van der Waals surface area (Å²) in [6.07, 6.45) is -0.248. The van der Waals surface area contributed by atoms with E-state index in [1.165, 1.54) is 11.1 Å². The lowest BCUT2D eigenvalue weighted by atomic mass is 9.98. The summed E-state index contributed by atoms with van der Waals surface area (Å²) in [7, 11) is 0. The molecular formula is C23H29ClN2O4. The third-order valence-corrected chi connectivity index (χ3v) is 4.78. The van der Waals surface area contributed by atoms with Crippen LogP contribution in [0.3, 0.4) is 0 Å². The normalized spacial score (nSPS) is 13.5. The number of carbonyl (C=O) groups is 2. The van der Waals surface area contributed by atoms with Crippen molar-refractivity contribution < 1.29 is 19.1 Å². The van der Waals surface area contributed by atoms with Crippen LogP contribution in [0, 0.1) is 0 Å². The Balaban J connectivity index is 0.00000320. The molecule has 7 heteroatoms. The van der Waals surface area contributed by atoms with Crippen molar-refractivity contribution in [2.24, 2.45) is 5.73 Å². The second-order valence-corrected chi connectivity index (χ2v) is 8.18. The molecule has 1 aliphatic carbocycles. The van der Waals surface area contributed by atoms with Crippen molar-refractivity contribution in [1.82, 2.24) is 5.32 Å². The number of nitrogens with one attached hydrogen (secondary N) is 1. The maximum Gasteiger partial charge on any atom is 0.407 e. The predicted molar refractivity (Wildman–Crippen MR) is 119 cm³/mol. The molecule has 2 aromatic carbocycles. The second kappa shape index (κ2) is 9.96. The standard InChI is InChI=1S/C23H28N2O4.ClH/c1-23(2,3)29-21(26)20(24)12-13-25-22(27)28-14-19-17-10-6-4-8-15(17)16-9-5-7-11-18(16)19;/h4-11,19-20H,12-14,24H2,1-3H3,(H,25,27);1H. The lowest BCUT2D eigenvalue weighted by Gasteiger charge is -2.22. The number of hydrogen-bond donors (Lipinski definition) is 2. The van der Waals surface area contributed by atoms with E-state index in [0.717, 1.165) is 11.1 Å². The molecule has 0 spiro atoms. The first-order valence-electron chi connectivity index (χ1n) is 9.83. The summed E-state index contributed by atoms with van der Waals surface area (Å²) in [4.78, 5) is 24.0. The Morgan fingerprint density at radius 1 is 1.03 bits per heavy atom. The van der Waals surface area contributed by atoms with E-state index in [4.69, 9.17) is 15.2 Å². The molecule has 2 aromatic rings. The Morgan fingerprint density at radius 3 is 2.10 bits per heavy atom. The topological polar surface area (TPSA) is 90.6 Å². The van der Waals surface area contributed by atoms with Gasteiger partial charge in [-0.3, -0.25) is 4.79 Å². The average Bonchev–Trinajstić information content (AvgIpc) is 2.99. The van der Waals surface area contributed by atoms with Crippen LogP contribution < -0.4 is 11.1 Å². The number of nitrogens with two attached hydrogens (primary N) is 1. The number of rotatable bonds is 6. The minimum absolute atomic E-state index is 0. The number of benzene rings is 2. The third kappa shape index (κ3) is 5.74. The Kier molecular flexibility index (Phi) is 7.87. The molecule has 6 nitrogen and oxygen atoms in total. The molecule has 0 saturated carbocycles. The van der Waals surface area contributed by atoms with Crippen molar-refractivity contribution in [2.75, 3.05) is 13.2 Å². The summed E-state index contributed by atoms with van der Waals surface area (Å²) < 4.78 is 10.7. The van der Waals surface area contributed by atoms with Crippen LogP contribution in [0.5, 0.6) is 0 Å². The molecule has 3 rings (SSSR count). The van der Waals surface area contributed by atoms with Gasteiger partial charge in [-0.1, -0.05) is 48.5 Å². The minimum atomic E-state index is -0.789. The Hall–Kier alpha value is -2.57. The third-order valence-electron chi connectivity index (χ3n) is 4.78. The summed E-state index contributed by atoms with van der Waals surface area (Å²) in [5, 5.41) is 2.65. The number of halogens is 1. The van der Waals surface area contributed by atoms with E-state index >= 15 is 0 Å². The Morgan fingerprint density at radius 2 is 1.57 bits per heavy atom. The lowest BCUT2D eigenvalue weighted by molar-refractivity contribution is -0.156. The summed E-state index contributed by atoms with van der Waals surface area (Å²) in [5.74, 6) is -0.469. The van der Waals surface area contributed by atoms with Gasteiger partial charge in [0, 0.05) is 12.5 Å². The van der Waals surface area contributed by atoms with Crippen molar-refractivity contribution in [3.63, 3.8) is 0 Å². The van der Waals surface area contributed by atoms with Crippen molar-refractivity contribution >= 4 is 24.5 Å². The van der Waals surface area contributed by atoms with Crippen LogP contribution in [0.15, 0.2) is 48.5 Å². The highest BCUT2D eigenvalue weighted by Crippen LogP contribution is 2.44. The van der Waals surface area contributed by atoms with Crippen LogP contribution in [-0.4, -0.2) is 36.9 Å². The molecule has 0 radical (unpaired) electrons. The zero-order chi connectivity index (χ0) is 21.0. The number of amides is 1. The summed E-state index contributed by atoms with van der Waals surface area (Å²) in [6.45, 7) is 5.83. The van der Waals surface area contributed by atoms with E-state index in [0.29, 0.717) is 0 Å². The Bertz CT molecular complexity index is 849. The quantitative estimate of drug-likeness (QED) is 0.673. The van der Waals surface area contributed by atoms with Crippen LogP contribution in [0.2, 0.25) is 0 Å². The van der Waals surface area contributed by atoms with Crippen LogP contribution in [0.25, 0.3) is 11.1 Å². The van der Waals surface area contributed by atoms with E-state index in [-0.39, 0.29) is 37.9 Å². The molecule has 0 heterocycles. The van der Waals surface area contributed by atoms with E-state index in [9.17, 15) is 9.59 Å². The molecule has 1 aliphatic rings. The number of fused-ring (bicyclic) bond motifs is 3. The molecule has 0 bridgehead atoms. The fourth-order valence-electron chi connectivity index (χ4n) is 3.47. The van der Waals surface area contributed by atoms with Gasteiger partial charge in [0.1, 0.15) is 18.2 Å². The highest BCUT2D eigenvalue weighted by molar-refractivity contribution is 5.85. The molecule has 3 N–H and O–H groups in total. The van der Waals surface area contributed by atoms with Crippen LogP contribution in [-0.2, 0) is 14.3 Å². The average molecular weight is 433 g/mol. The zero-order valence-electron chi connectivity index (χ0n) is 17.5. The number of hydrogen-bond acceptors (Lipinski definition) is 5. The van der Waals surface area contributed by atoms with Crippen molar-refractivity contribution in [3.8, 4) is 11.1 Å². The first kappa shape index (κ1) is 23.7. The van der Waals surface area contributed by atoms with Crippen LogP contribution in [0.1, 0.15) is 44.2 Å². The molecule has 1 atom stereocenters. The number of carbonyl (C=O) groups excluding carboxylic acids is 2. The number of ether oxygens (including phenoxy) is 2. The van der Waals surface area contributed by atoms with Crippen molar-refractivity contribution in [2.45, 2.75) is 44.8 Å². The molecule has 0 fully saturated rings.